The molecule has 0 saturated carbocycles. The SMILES string of the molecule is Cc1cccc(CCC2=NC(c3cccc(F)c3)C(c3cccc(F)c3)N2)c1. The molecular weight excluding hydrogens is 354 g/mol. The quantitative estimate of drug-likeness (QED) is 0.608. The Kier molecular flexibility index (Phi) is 5.20. The van der Waals surface area contributed by atoms with Gasteiger partial charge in [0, 0.05) is 6.42 Å². The molecule has 0 amide bonds. The van der Waals surface area contributed by atoms with Crippen molar-refractivity contribution >= 4 is 5.84 Å². The summed E-state index contributed by atoms with van der Waals surface area (Å²) in [4.78, 5) is 4.84. The van der Waals surface area contributed by atoms with E-state index in [1.807, 2.05) is 12.1 Å². The predicted octanol–water partition coefficient (Wildman–Crippen LogP) is 5.69. The van der Waals surface area contributed by atoms with Crippen molar-refractivity contribution in [3.8, 4) is 0 Å². The molecule has 3 aromatic carbocycles. The standard InChI is InChI=1S/C24H22F2N2/c1-16-5-2-6-17(13-16)11-12-22-27-23(18-7-3-9-20(25)14-18)24(28-22)19-8-4-10-21(26)15-19/h2-10,13-15,23-24H,11-12H2,1H3,(H,27,28). The highest BCUT2D eigenvalue weighted by Crippen LogP contribution is 2.37. The van der Waals surface area contributed by atoms with Crippen molar-refractivity contribution in [1.82, 2.24) is 5.32 Å². The highest BCUT2D eigenvalue weighted by molar-refractivity contribution is 5.85. The van der Waals surface area contributed by atoms with E-state index in [4.69, 9.17) is 4.99 Å². The first-order valence-electron chi connectivity index (χ1n) is 9.48. The van der Waals surface area contributed by atoms with Crippen LogP contribution in [0, 0.1) is 18.6 Å². The third-order valence-corrected chi connectivity index (χ3v) is 5.06. The number of nitrogens with one attached hydrogen (secondary N) is 1. The number of rotatable bonds is 5. The second-order valence-electron chi connectivity index (χ2n) is 7.24. The largest absolute Gasteiger partial charge is 0.364 e. The fourth-order valence-electron chi connectivity index (χ4n) is 3.73. The van der Waals surface area contributed by atoms with Crippen LogP contribution in [0.25, 0.3) is 0 Å². The van der Waals surface area contributed by atoms with Crippen molar-refractivity contribution in [2.24, 2.45) is 4.99 Å². The molecule has 0 saturated heterocycles. The van der Waals surface area contributed by atoms with Gasteiger partial charge in [0.05, 0.1) is 11.9 Å². The second-order valence-corrected chi connectivity index (χ2v) is 7.24. The van der Waals surface area contributed by atoms with Crippen molar-refractivity contribution in [2.45, 2.75) is 31.8 Å². The molecule has 0 aliphatic carbocycles. The smallest absolute Gasteiger partial charge is 0.123 e. The van der Waals surface area contributed by atoms with Gasteiger partial charge in [0.2, 0.25) is 0 Å². The first-order chi connectivity index (χ1) is 13.6. The van der Waals surface area contributed by atoms with Gasteiger partial charge in [-0.3, -0.25) is 4.99 Å². The highest BCUT2D eigenvalue weighted by Gasteiger charge is 2.31. The van der Waals surface area contributed by atoms with Gasteiger partial charge in [0.25, 0.3) is 0 Å². The monoisotopic (exact) mass is 376 g/mol. The summed E-state index contributed by atoms with van der Waals surface area (Å²) < 4.78 is 27.6. The van der Waals surface area contributed by atoms with Gasteiger partial charge in [0.1, 0.15) is 17.7 Å². The van der Waals surface area contributed by atoms with E-state index < -0.39 is 0 Å². The Hall–Kier alpha value is -3.01. The lowest BCUT2D eigenvalue weighted by Gasteiger charge is -2.20. The molecule has 28 heavy (non-hydrogen) atoms. The van der Waals surface area contributed by atoms with E-state index in [9.17, 15) is 8.78 Å². The number of aliphatic imine (C=N–C) groups is 1. The number of aryl methyl sites for hydroxylation is 2. The van der Waals surface area contributed by atoms with E-state index in [2.05, 4.69) is 36.5 Å². The lowest BCUT2D eigenvalue weighted by molar-refractivity contribution is 0.555. The van der Waals surface area contributed by atoms with Gasteiger partial charge < -0.3 is 5.32 Å². The van der Waals surface area contributed by atoms with Crippen molar-refractivity contribution in [3.05, 3.63) is 107 Å². The minimum Gasteiger partial charge on any atom is -0.364 e. The average molecular weight is 376 g/mol. The molecule has 0 spiro atoms. The van der Waals surface area contributed by atoms with Gasteiger partial charge in [-0.1, -0.05) is 54.1 Å². The molecule has 3 aromatic rings. The Morgan fingerprint density at radius 3 is 2.21 bits per heavy atom. The molecule has 2 nitrogen and oxygen atoms in total. The van der Waals surface area contributed by atoms with Crippen LogP contribution in [0.2, 0.25) is 0 Å². The van der Waals surface area contributed by atoms with Crippen LogP contribution in [-0.2, 0) is 6.42 Å². The van der Waals surface area contributed by atoms with Crippen LogP contribution in [0.1, 0.15) is 40.8 Å². The number of halogens is 2. The summed E-state index contributed by atoms with van der Waals surface area (Å²) in [7, 11) is 0. The first-order valence-corrected chi connectivity index (χ1v) is 9.48. The fraction of sp³-hybridized carbons (Fsp3) is 0.208. The van der Waals surface area contributed by atoms with E-state index in [0.29, 0.717) is 0 Å². The molecule has 0 radical (unpaired) electrons. The van der Waals surface area contributed by atoms with E-state index in [-0.39, 0.29) is 23.7 Å². The minimum atomic E-state index is -0.293. The molecule has 142 valence electrons. The zero-order valence-electron chi connectivity index (χ0n) is 15.7. The van der Waals surface area contributed by atoms with Gasteiger partial charge in [-0.05, 0) is 54.3 Å². The summed E-state index contributed by atoms with van der Waals surface area (Å²) in [6.07, 6.45) is 1.61. The summed E-state index contributed by atoms with van der Waals surface area (Å²) in [5, 5.41) is 3.45. The first kappa shape index (κ1) is 18.4. The van der Waals surface area contributed by atoms with Gasteiger partial charge in [-0.2, -0.15) is 0 Å². The van der Waals surface area contributed by atoms with E-state index in [1.54, 1.807) is 12.1 Å². The Labute approximate surface area is 164 Å². The molecule has 2 atom stereocenters. The summed E-state index contributed by atoms with van der Waals surface area (Å²) in [5.41, 5.74) is 4.07. The topological polar surface area (TPSA) is 24.4 Å². The van der Waals surface area contributed by atoms with E-state index in [0.717, 1.165) is 29.8 Å². The zero-order valence-corrected chi connectivity index (χ0v) is 15.7. The van der Waals surface area contributed by atoms with Crippen LogP contribution < -0.4 is 5.32 Å². The van der Waals surface area contributed by atoms with Crippen LogP contribution in [-0.4, -0.2) is 5.84 Å². The average Bonchev–Trinajstić information content (AvgIpc) is 3.11. The maximum atomic E-state index is 13.8. The zero-order chi connectivity index (χ0) is 19.5. The molecule has 0 fully saturated rings. The predicted molar refractivity (Wildman–Crippen MR) is 108 cm³/mol. The van der Waals surface area contributed by atoms with Crippen molar-refractivity contribution in [2.75, 3.05) is 0 Å². The number of nitrogens with zero attached hydrogens (tertiary/aromatic N) is 1. The molecular formula is C24H22F2N2. The lowest BCUT2D eigenvalue weighted by Crippen LogP contribution is -2.24. The molecule has 1 aliphatic rings. The minimum absolute atomic E-state index is 0.218. The number of hydrogen-bond donors (Lipinski definition) is 1. The Bertz CT molecular complexity index is 1010. The van der Waals surface area contributed by atoms with Crippen molar-refractivity contribution < 1.29 is 8.78 Å². The summed E-state index contributed by atoms with van der Waals surface area (Å²) in [6.45, 7) is 2.08. The van der Waals surface area contributed by atoms with Crippen LogP contribution in [0.3, 0.4) is 0 Å². The van der Waals surface area contributed by atoms with Gasteiger partial charge in [0.15, 0.2) is 0 Å². The molecule has 4 rings (SSSR count). The maximum absolute atomic E-state index is 13.8. The van der Waals surface area contributed by atoms with Crippen molar-refractivity contribution in [1.29, 1.82) is 0 Å². The molecule has 4 heteroatoms. The summed E-state index contributed by atoms with van der Waals surface area (Å²) in [5.74, 6) is 0.287. The Balaban J connectivity index is 1.60. The molecule has 2 unspecified atom stereocenters. The van der Waals surface area contributed by atoms with Crippen molar-refractivity contribution in [3.63, 3.8) is 0 Å². The van der Waals surface area contributed by atoms with Gasteiger partial charge >= 0.3 is 0 Å². The maximum Gasteiger partial charge on any atom is 0.123 e. The van der Waals surface area contributed by atoms with Gasteiger partial charge in [-0.15, -0.1) is 0 Å². The Morgan fingerprint density at radius 2 is 1.50 bits per heavy atom. The number of hydrogen-bond acceptors (Lipinski definition) is 2. The number of benzene rings is 3. The number of amidine groups is 1. The normalized spacial score (nSPS) is 18.6. The van der Waals surface area contributed by atoms with Crippen LogP contribution in [0.4, 0.5) is 8.78 Å². The lowest BCUT2D eigenvalue weighted by atomic mass is 9.95. The fourth-order valence-corrected chi connectivity index (χ4v) is 3.73. The second kappa shape index (κ2) is 7.93. The molecule has 0 bridgehead atoms. The molecule has 1 heterocycles. The third kappa shape index (κ3) is 4.11. The van der Waals surface area contributed by atoms with E-state index in [1.165, 1.54) is 35.4 Å². The van der Waals surface area contributed by atoms with Crippen LogP contribution >= 0.6 is 0 Å². The molecule has 1 aliphatic heterocycles. The third-order valence-electron chi connectivity index (χ3n) is 5.06. The molecule has 0 aromatic heterocycles. The molecule has 1 N–H and O–H groups in total. The summed E-state index contributed by atoms with van der Waals surface area (Å²) in [6, 6.07) is 20.9. The van der Waals surface area contributed by atoms with E-state index >= 15 is 0 Å². The van der Waals surface area contributed by atoms with Crippen LogP contribution in [0.5, 0.6) is 0 Å². The summed E-state index contributed by atoms with van der Waals surface area (Å²) >= 11 is 0. The van der Waals surface area contributed by atoms with Gasteiger partial charge in [-0.25, -0.2) is 8.78 Å². The highest BCUT2D eigenvalue weighted by atomic mass is 19.1. The Morgan fingerprint density at radius 1 is 0.821 bits per heavy atom. The van der Waals surface area contributed by atoms with Crippen LogP contribution in [0.15, 0.2) is 77.8 Å².